The van der Waals surface area contributed by atoms with E-state index in [4.69, 9.17) is 10.8 Å². The molecule has 23 heavy (non-hydrogen) atoms. The maximum Gasteiger partial charge on any atom is 0.229 e. The highest BCUT2D eigenvalue weighted by molar-refractivity contribution is 5.94. The van der Waals surface area contributed by atoms with E-state index in [0.717, 1.165) is 22.9 Å². The van der Waals surface area contributed by atoms with Crippen LogP contribution in [0.4, 0.5) is 15.9 Å². The first-order valence-electron chi connectivity index (χ1n) is 7.11. The lowest BCUT2D eigenvalue weighted by Crippen LogP contribution is -2.26. The number of nitrogens with one attached hydrogen (secondary N) is 2. The molecule has 116 valence electrons. The van der Waals surface area contributed by atoms with Crippen LogP contribution in [-0.2, 0) is 6.67 Å². The molecule has 0 atom stereocenters. The number of para-hydroxylation sites is 1. The number of alkyl halides is 1. The van der Waals surface area contributed by atoms with E-state index >= 15 is 0 Å². The van der Waals surface area contributed by atoms with E-state index in [0.29, 0.717) is 11.4 Å². The molecule has 2 aromatic carbocycles. The van der Waals surface area contributed by atoms with Gasteiger partial charge in [0, 0.05) is 18.1 Å². The number of benzene rings is 2. The van der Waals surface area contributed by atoms with Gasteiger partial charge in [0.25, 0.3) is 0 Å². The molecular formula is C17H16FN5. The average molecular weight is 309 g/mol. The summed E-state index contributed by atoms with van der Waals surface area (Å²) in [5, 5.41) is 16.3. The zero-order valence-electron chi connectivity index (χ0n) is 12.6. The third-order valence-corrected chi connectivity index (χ3v) is 3.74. The summed E-state index contributed by atoms with van der Waals surface area (Å²) >= 11 is 0. The van der Waals surface area contributed by atoms with Gasteiger partial charge in [-0.2, -0.15) is 4.98 Å². The first-order chi connectivity index (χ1) is 11.2. The van der Waals surface area contributed by atoms with Crippen molar-refractivity contribution in [3.63, 3.8) is 0 Å². The number of hydrogen-bond acceptors (Lipinski definition) is 4. The summed E-state index contributed by atoms with van der Waals surface area (Å²) in [6.07, 6.45) is 1.07. The Kier molecular flexibility index (Phi) is 3.89. The van der Waals surface area contributed by atoms with Crippen molar-refractivity contribution in [2.45, 2.75) is 6.67 Å². The predicted octanol–water partition coefficient (Wildman–Crippen LogP) is 3.21. The third-order valence-electron chi connectivity index (χ3n) is 3.74. The first kappa shape index (κ1) is 14.9. The molecule has 0 spiro atoms. The second-order valence-electron chi connectivity index (χ2n) is 5.14. The van der Waals surface area contributed by atoms with E-state index in [1.54, 1.807) is 18.2 Å². The smallest absolute Gasteiger partial charge is 0.229 e. The summed E-state index contributed by atoms with van der Waals surface area (Å²) in [5.41, 5.74) is 2.09. The predicted molar refractivity (Wildman–Crippen MR) is 89.1 cm³/mol. The zero-order chi connectivity index (χ0) is 16.4. The first-order valence-corrected chi connectivity index (χ1v) is 7.11. The Hall–Kier alpha value is -3.02. The molecule has 3 aromatic rings. The third kappa shape index (κ3) is 2.59. The largest absolute Gasteiger partial charge is 0.329 e. The lowest BCUT2D eigenvalue weighted by Gasteiger charge is -2.21. The summed E-state index contributed by atoms with van der Waals surface area (Å²) in [6.45, 7) is -0.526. The van der Waals surface area contributed by atoms with E-state index in [9.17, 15) is 4.39 Å². The van der Waals surface area contributed by atoms with Crippen LogP contribution in [0.5, 0.6) is 0 Å². The maximum absolute atomic E-state index is 12.9. The molecule has 1 aromatic heterocycles. The fourth-order valence-corrected chi connectivity index (χ4v) is 2.56. The average Bonchev–Trinajstić information content (AvgIpc) is 2.60. The minimum absolute atomic E-state index is 0.0257. The number of fused-ring (bicyclic) bond motifs is 1. The standard InChI is InChI=1S/C17H16FN5/c1-22(13-6-4-5-12(9-13)10-18)16-14-7-2-3-8-15(14)23(11-19)17(20)21-16/h2-9,11,19-20H,10H2,1H3. The van der Waals surface area contributed by atoms with Crippen molar-refractivity contribution in [1.29, 1.82) is 10.8 Å². The zero-order valence-corrected chi connectivity index (χ0v) is 12.6. The minimum atomic E-state index is -0.526. The summed E-state index contributed by atoms with van der Waals surface area (Å²) < 4.78 is 14.3. The van der Waals surface area contributed by atoms with Crippen molar-refractivity contribution < 1.29 is 4.39 Å². The number of anilines is 2. The van der Waals surface area contributed by atoms with Gasteiger partial charge in [-0.1, -0.05) is 24.3 Å². The van der Waals surface area contributed by atoms with Crippen molar-refractivity contribution in [3.05, 3.63) is 59.7 Å². The van der Waals surface area contributed by atoms with Crippen molar-refractivity contribution in [2.75, 3.05) is 11.9 Å². The van der Waals surface area contributed by atoms with Crippen LogP contribution < -0.4 is 10.5 Å². The lowest BCUT2D eigenvalue weighted by molar-refractivity contribution is 0.485. The quantitative estimate of drug-likeness (QED) is 0.574. The monoisotopic (exact) mass is 309 g/mol. The number of aromatic nitrogens is 2. The highest BCUT2D eigenvalue weighted by Crippen LogP contribution is 2.28. The molecule has 6 heteroatoms. The van der Waals surface area contributed by atoms with Gasteiger partial charge in [-0.05, 0) is 29.8 Å². The Bertz CT molecular complexity index is 932. The van der Waals surface area contributed by atoms with Crippen LogP contribution >= 0.6 is 0 Å². The lowest BCUT2D eigenvalue weighted by atomic mass is 10.2. The van der Waals surface area contributed by atoms with Crippen LogP contribution in [0.1, 0.15) is 5.56 Å². The van der Waals surface area contributed by atoms with Crippen LogP contribution in [0.3, 0.4) is 0 Å². The maximum atomic E-state index is 12.9. The van der Waals surface area contributed by atoms with E-state index in [1.165, 1.54) is 4.57 Å². The molecule has 3 rings (SSSR count). The highest BCUT2D eigenvalue weighted by Gasteiger charge is 2.13. The normalized spacial score (nSPS) is 10.7. The molecule has 2 N–H and O–H groups in total. The van der Waals surface area contributed by atoms with Gasteiger partial charge in [0.05, 0.1) is 11.9 Å². The van der Waals surface area contributed by atoms with E-state index in [1.807, 2.05) is 42.3 Å². The minimum Gasteiger partial charge on any atom is -0.329 e. The second-order valence-corrected chi connectivity index (χ2v) is 5.14. The molecule has 0 amide bonds. The van der Waals surface area contributed by atoms with Gasteiger partial charge in [0.15, 0.2) is 0 Å². The van der Waals surface area contributed by atoms with Crippen LogP contribution in [0.25, 0.3) is 10.9 Å². The van der Waals surface area contributed by atoms with Gasteiger partial charge in [-0.3, -0.25) is 15.4 Å². The van der Waals surface area contributed by atoms with Gasteiger partial charge in [0.1, 0.15) is 12.5 Å². The Balaban J connectivity index is 2.23. The van der Waals surface area contributed by atoms with Crippen molar-refractivity contribution in [1.82, 2.24) is 9.55 Å². The molecular weight excluding hydrogens is 293 g/mol. The van der Waals surface area contributed by atoms with E-state index in [-0.39, 0.29) is 5.62 Å². The van der Waals surface area contributed by atoms with Crippen molar-refractivity contribution in [3.8, 4) is 0 Å². The molecule has 0 saturated heterocycles. The van der Waals surface area contributed by atoms with Gasteiger partial charge >= 0.3 is 0 Å². The molecule has 0 aliphatic heterocycles. The van der Waals surface area contributed by atoms with E-state index in [2.05, 4.69) is 4.98 Å². The van der Waals surface area contributed by atoms with Crippen molar-refractivity contribution in [2.24, 2.45) is 0 Å². The number of nitrogens with zero attached hydrogens (tertiary/aromatic N) is 3. The second kappa shape index (κ2) is 6.00. The number of hydrogen-bond donors (Lipinski definition) is 2. The highest BCUT2D eigenvalue weighted by atomic mass is 19.1. The topological polar surface area (TPSA) is 68.8 Å². The molecule has 0 bridgehead atoms. The fraction of sp³-hybridized carbons (Fsp3) is 0.118. The van der Waals surface area contributed by atoms with Gasteiger partial charge in [-0.15, -0.1) is 0 Å². The molecule has 0 radical (unpaired) electrons. The fourth-order valence-electron chi connectivity index (χ4n) is 2.56. The van der Waals surface area contributed by atoms with Crippen molar-refractivity contribution >= 4 is 28.7 Å². The summed E-state index contributed by atoms with van der Waals surface area (Å²) in [5.74, 6) is 0.597. The molecule has 5 nitrogen and oxygen atoms in total. The molecule has 0 aliphatic rings. The molecule has 1 heterocycles. The molecule has 0 saturated carbocycles. The van der Waals surface area contributed by atoms with Gasteiger partial charge < -0.3 is 4.90 Å². The summed E-state index contributed by atoms with van der Waals surface area (Å²) in [7, 11) is 1.83. The van der Waals surface area contributed by atoms with Crippen LogP contribution in [0, 0.1) is 10.8 Å². The van der Waals surface area contributed by atoms with Gasteiger partial charge in [0.2, 0.25) is 5.62 Å². The van der Waals surface area contributed by atoms with Crippen LogP contribution in [0.2, 0.25) is 0 Å². The van der Waals surface area contributed by atoms with E-state index < -0.39 is 6.67 Å². The molecule has 0 unspecified atom stereocenters. The Morgan fingerprint density at radius 1 is 1.22 bits per heavy atom. The van der Waals surface area contributed by atoms with Crippen LogP contribution in [0.15, 0.2) is 48.5 Å². The van der Waals surface area contributed by atoms with Crippen LogP contribution in [-0.4, -0.2) is 22.9 Å². The Morgan fingerprint density at radius 3 is 2.74 bits per heavy atom. The molecule has 0 fully saturated rings. The van der Waals surface area contributed by atoms with Gasteiger partial charge in [-0.25, -0.2) is 4.39 Å². The summed E-state index contributed by atoms with van der Waals surface area (Å²) in [6, 6.07) is 14.6. The SMILES string of the molecule is CN(c1cccc(CF)c1)c1nc(=N)n(C=N)c2ccccc12. The molecule has 0 aliphatic carbocycles. The summed E-state index contributed by atoms with van der Waals surface area (Å²) in [4.78, 5) is 6.14. The Labute approximate surface area is 132 Å². The number of halogens is 1. The Morgan fingerprint density at radius 2 is 2.00 bits per heavy atom. The number of rotatable bonds is 4.